The van der Waals surface area contributed by atoms with Crippen molar-refractivity contribution in [1.82, 2.24) is 24.6 Å². The van der Waals surface area contributed by atoms with Crippen LogP contribution in [-0.2, 0) is 17.7 Å². The summed E-state index contributed by atoms with van der Waals surface area (Å²) in [7, 11) is 2.07. The van der Waals surface area contributed by atoms with E-state index in [4.69, 9.17) is 21.3 Å². The minimum Gasteiger partial charge on any atom is -0.449 e. The third kappa shape index (κ3) is 4.60. The molecule has 1 amide bonds. The van der Waals surface area contributed by atoms with Gasteiger partial charge in [-0.1, -0.05) is 29.8 Å². The number of rotatable bonds is 5. The van der Waals surface area contributed by atoms with Crippen molar-refractivity contribution < 1.29 is 9.53 Å². The monoisotopic (exact) mass is 498 g/mol. The number of benzene rings is 1. The highest BCUT2D eigenvalue weighted by Gasteiger charge is 2.25. The number of carbonyl (C=O) groups is 1. The van der Waals surface area contributed by atoms with Crippen LogP contribution < -0.4 is 0 Å². The van der Waals surface area contributed by atoms with Gasteiger partial charge in [-0.25, -0.2) is 4.79 Å². The van der Waals surface area contributed by atoms with Crippen LogP contribution in [0, 0.1) is 6.92 Å². The molecule has 5 rings (SSSR count). The van der Waals surface area contributed by atoms with Crippen molar-refractivity contribution in [3.63, 3.8) is 0 Å². The summed E-state index contributed by atoms with van der Waals surface area (Å²) >= 11 is 8.24. The number of aliphatic imine (C=N–C) groups is 1. The molecular formula is C24H27ClN6O2S. The summed E-state index contributed by atoms with van der Waals surface area (Å²) in [5.41, 5.74) is 2.81. The lowest BCUT2D eigenvalue weighted by Crippen LogP contribution is -2.47. The molecule has 1 saturated heterocycles. The molecule has 2 aliphatic rings. The summed E-state index contributed by atoms with van der Waals surface area (Å²) in [5, 5.41) is 10.3. The number of aryl methyl sites for hydroxylation is 2. The first kappa shape index (κ1) is 23.0. The second-order valence-electron chi connectivity index (χ2n) is 8.58. The Kier molecular flexibility index (Phi) is 6.67. The number of fused-ring (bicyclic) bond motifs is 3. The Morgan fingerprint density at radius 3 is 2.74 bits per heavy atom. The summed E-state index contributed by atoms with van der Waals surface area (Å²) < 4.78 is 7.62. The number of piperazine rings is 1. The van der Waals surface area contributed by atoms with Gasteiger partial charge in [-0.2, -0.15) is 0 Å². The normalized spacial score (nSPS) is 16.0. The predicted molar refractivity (Wildman–Crippen MR) is 134 cm³/mol. The lowest BCUT2D eigenvalue weighted by Gasteiger charge is -2.31. The van der Waals surface area contributed by atoms with Gasteiger partial charge in [-0.3, -0.25) is 9.56 Å². The molecule has 1 aromatic carbocycles. The van der Waals surface area contributed by atoms with Gasteiger partial charge in [0.15, 0.2) is 5.82 Å². The molecule has 34 heavy (non-hydrogen) atoms. The fraction of sp³-hybridized carbons (Fsp3) is 0.417. The van der Waals surface area contributed by atoms with Crippen molar-refractivity contribution in [2.24, 2.45) is 4.99 Å². The number of halogens is 1. The molecule has 178 valence electrons. The highest BCUT2D eigenvalue weighted by atomic mass is 35.5. The van der Waals surface area contributed by atoms with Crippen LogP contribution in [0.3, 0.4) is 0 Å². The number of hydrogen-bond donors (Lipinski definition) is 0. The minimum atomic E-state index is -0.215. The molecule has 3 aromatic rings. The van der Waals surface area contributed by atoms with E-state index in [1.165, 1.54) is 4.88 Å². The Morgan fingerprint density at radius 2 is 1.94 bits per heavy atom. The zero-order valence-corrected chi connectivity index (χ0v) is 20.9. The first-order chi connectivity index (χ1) is 16.5. The average molecular weight is 499 g/mol. The molecule has 4 heterocycles. The fourth-order valence-electron chi connectivity index (χ4n) is 4.27. The third-order valence-corrected chi connectivity index (χ3v) is 7.69. The second kappa shape index (κ2) is 9.85. The fourth-order valence-corrected chi connectivity index (χ4v) is 5.76. The SMILES string of the molecule is Cc1nnc2n1-c1sc(CCCOC(=O)N3CCN(C)CC3)cc1C(c1ccccc1Cl)=NC2. The molecule has 0 radical (unpaired) electrons. The van der Waals surface area contributed by atoms with E-state index >= 15 is 0 Å². The first-order valence-corrected chi connectivity index (χ1v) is 12.6. The van der Waals surface area contributed by atoms with Crippen molar-refractivity contribution in [2.45, 2.75) is 26.3 Å². The van der Waals surface area contributed by atoms with E-state index in [0.29, 0.717) is 18.2 Å². The number of thiophene rings is 1. The van der Waals surface area contributed by atoms with Crippen LogP contribution in [0.4, 0.5) is 4.79 Å². The van der Waals surface area contributed by atoms with Gasteiger partial charge in [0.25, 0.3) is 0 Å². The molecule has 10 heteroatoms. The minimum absolute atomic E-state index is 0.215. The van der Waals surface area contributed by atoms with Crippen LogP contribution in [0.25, 0.3) is 5.00 Å². The van der Waals surface area contributed by atoms with Crippen molar-refractivity contribution in [2.75, 3.05) is 39.8 Å². The van der Waals surface area contributed by atoms with Gasteiger partial charge >= 0.3 is 6.09 Å². The van der Waals surface area contributed by atoms with Crippen LogP contribution in [0.2, 0.25) is 5.02 Å². The molecule has 0 bridgehead atoms. The highest BCUT2D eigenvalue weighted by molar-refractivity contribution is 7.15. The summed E-state index contributed by atoms with van der Waals surface area (Å²) in [4.78, 5) is 22.4. The van der Waals surface area contributed by atoms with Gasteiger partial charge in [-0.05, 0) is 38.9 Å². The molecule has 0 unspecified atom stereocenters. The Hall–Kier alpha value is -2.75. The highest BCUT2D eigenvalue weighted by Crippen LogP contribution is 2.34. The van der Waals surface area contributed by atoms with Crippen molar-refractivity contribution in [3.05, 3.63) is 63.0 Å². The number of carbonyl (C=O) groups excluding carboxylic acids is 1. The topological polar surface area (TPSA) is 75.8 Å². The number of hydrogen-bond acceptors (Lipinski definition) is 7. The molecular weight excluding hydrogens is 472 g/mol. The molecule has 0 aliphatic carbocycles. The molecule has 0 saturated carbocycles. The van der Waals surface area contributed by atoms with E-state index in [-0.39, 0.29) is 6.09 Å². The number of nitrogens with zero attached hydrogens (tertiary/aromatic N) is 6. The van der Waals surface area contributed by atoms with Gasteiger partial charge in [0.05, 0.1) is 12.3 Å². The maximum atomic E-state index is 12.3. The largest absolute Gasteiger partial charge is 0.449 e. The van der Waals surface area contributed by atoms with Crippen molar-refractivity contribution in [3.8, 4) is 5.00 Å². The number of aromatic nitrogens is 3. The zero-order chi connectivity index (χ0) is 23.7. The Labute approximate surface area is 207 Å². The summed E-state index contributed by atoms with van der Waals surface area (Å²) in [6.45, 7) is 6.01. The second-order valence-corrected chi connectivity index (χ2v) is 10.1. The van der Waals surface area contributed by atoms with Crippen LogP contribution in [-0.4, -0.2) is 76.2 Å². The molecule has 8 nitrogen and oxygen atoms in total. The number of amides is 1. The molecule has 0 atom stereocenters. The summed E-state index contributed by atoms with van der Waals surface area (Å²) in [5.74, 6) is 1.65. The smallest absolute Gasteiger partial charge is 0.409 e. The van der Waals surface area contributed by atoms with Crippen LogP contribution in [0.15, 0.2) is 35.3 Å². The molecule has 1 fully saturated rings. The molecule has 0 spiro atoms. The maximum absolute atomic E-state index is 12.3. The maximum Gasteiger partial charge on any atom is 0.409 e. The van der Waals surface area contributed by atoms with E-state index in [0.717, 1.165) is 72.5 Å². The van der Waals surface area contributed by atoms with E-state index in [1.54, 1.807) is 16.2 Å². The Bertz CT molecular complexity index is 1230. The standard InChI is InChI=1S/C24H27ClN6O2S/c1-16-27-28-21-15-26-22(18-7-3-4-8-20(18)25)19-14-17(34-23(19)31(16)21)6-5-13-33-24(32)30-11-9-29(2)10-12-30/h3-4,7-8,14H,5-6,9-13,15H2,1-2H3. The Balaban J connectivity index is 1.32. The van der Waals surface area contributed by atoms with E-state index in [1.807, 2.05) is 31.2 Å². The van der Waals surface area contributed by atoms with Gasteiger partial charge < -0.3 is 14.5 Å². The van der Waals surface area contributed by atoms with Gasteiger partial charge in [0.2, 0.25) is 0 Å². The summed E-state index contributed by atoms with van der Waals surface area (Å²) in [6.07, 6.45) is 1.35. The Morgan fingerprint density at radius 1 is 1.15 bits per heavy atom. The molecule has 2 aromatic heterocycles. The van der Waals surface area contributed by atoms with Gasteiger partial charge in [0, 0.05) is 47.2 Å². The summed E-state index contributed by atoms with van der Waals surface area (Å²) in [6, 6.07) is 9.96. The van der Waals surface area contributed by atoms with E-state index in [2.05, 4.69) is 32.8 Å². The zero-order valence-electron chi connectivity index (χ0n) is 19.3. The first-order valence-electron chi connectivity index (χ1n) is 11.4. The third-order valence-electron chi connectivity index (χ3n) is 6.18. The lowest BCUT2D eigenvalue weighted by atomic mass is 10.0. The van der Waals surface area contributed by atoms with E-state index in [9.17, 15) is 4.79 Å². The predicted octanol–water partition coefficient (Wildman–Crippen LogP) is 3.96. The van der Waals surface area contributed by atoms with Crippen LogP contribution >= 0.6 is 22.9 Å². The average Bonchev–Trinajstić information content (AvgIpc) is 3.37. The van der Waals surface area contributed by atoms with Crippen LogP contribution in [0.1, 0.15) is 34.1 Å². The molecule has 0 N–H and O–H groups in total. The quantitative estimate of drug-likeness (QED) is 0.498. The van der Waals surface area contributed by atoms with Gasteiger partial charge in [-0.15, -0.1) is 21.5 Å². The van der Waals surface area contributed by atoms with Crippen molar-refractivity contribution >= 4 is 34.7 Å². The van der Waals surface area contributed by atoms with Crippen LogP contribution in [0.5, 0.6) is 0 Å². The van der Waals surface area contributed by atoms with Crippen molar-refractivity contribution in [1.29, 1.82) is 0 Å². The van der Waals surface area contributed by atoms with Gasteiger partial charge in [0.1, 0.15) is 17.4 Å². The van der Waals surface area contributed by atoms with E-state index < -0.39 is 0 Å². The lowest BCUT2D eigenvalue weighted by molar-refractivity contribution is 0.0812. The number of ether oxygens (including phenoxy) is 1. The number of likely N-dealkylation sites (N-methyl/N-ethyl adjacent to an activating group) is 1. The molecule has 2 aliphatic heterocycles.